The minimum atomic E-state index is -0.247. The molecule has 1 aromatic rings. The predicted molar refractivity (Wildman–Crippen MR) is 59.6 cm³/mol. The van der Waals surface area contributed by atoms with Gasteiger partial charge in [0.2, 0.25) is 0 Å². The van der Waals surface area contributed by atoms with Crippen molar-refractivity contribution in [2.24, 2.45) is 0 Å². The lowest BCUT2D eigenvalue weighted by molar-refractivity contribution is -0.118. The van der Waals surface area contributed by atoms with Gasteiger partial charge in [-0.15, -0.1) is 0 Å². The molecule has 0 saturated carbocycles. The van der Waals surface area contributed by atoms with Gasteiger partial charge in [-0.3, -0.25) is 4.79 Å². The van der Waals surface area contributed by atoms with Crippen LogP contribution in [0.25, 0.3) is 0 Å². The fourth-order valence-electron chi connectivity index (χ4n) is 1.39. The quantitative estimate of drug-likeness (QED) is 0.750. The highest BCUT2D eigenvalue weighted by Crippen LogP contribution is 2.17. The molecular formula is C12H14ClFO. The lowest BCUT2D eigenvalue weighted by atomic mass is 10.1. The molecule has 0 heterocycles. The number of aryl methyl sites for hydroxylation is 1. The molecule has 0 bridgehead atoms. The highest BCUT2D eigenvalue weighted by Gasteiger charge is 2.04. The van der Waals surface area contributed by atoms with E-state index in [1.807, 2.05) is 6.92 Å². The van der Waals surface area contributed by atoms with Gasteiger partial charge in [0.25, 0.3) is 0 Å². The molecule has 82 valence electrons. The number of rotatable bonds is 5. The zero-order chi connectivity index (χ0) is 11.3. The summed E-state index contributed by atoms with van der Waals surface area (Å²) in [5.41, 5.74) is 0.589. The van der Waals surface area contributed by atoms with Gasteiger partial charge in [-0.05, 0) is 36.6 Å². The van der Waals surface area contributed by atoms with Crippen molar-refractivity contribution >= 4 is 17.4 Å². The Hall–Kier alpha value is -0.890. The topological polar surface area (TPSA) is 17.1 Å². The molecule has 0 aliphatic carbocycles. The number of Topliss-reactive ketones (excluding diaryl/α,β-unsaturated/α-hetero) is 1. The summed E-state index contributed by atoms with van der Waals surface area (Å²) in [6.07, 6.45) is 2.32. The Balaban J connectivity index is 2.50. The van der Waals surface area contributed by atoms with Gasteiger partial charge in [-0.25, -0.2) is 4.39 Å². The smallest absolute Gasteiger partial charge is 0.132 e. The van der Waals surface area contributed by atoms with E-state index in [0.29, 0.717) is 36.3 Å². The van der Waals surface area contributed by atoms with Crippen LogP contribution in [-0.2, 0) is 11.2 Å². The molecule has 1 aromatic carbocycles. The average molecular weight is 229 g/mol. The first-order valence-electron chi connectivity index (χ1n) is 5.09. The summed E-state index contributed by atoms with van der Waals surface area (Å²) >= 11 is 5.75. The lowest BCUT2D eigenvalue weighted by Crippen LogP contribution is -1.97. The summed E-state index contributed by atoms with van der Waals surface area (Å²) in [4.78, 5) is 11.0. The van der Waals surface area contributed by atoms with Gasteiger partial charge in [-0.1, -0.05) is 18.5 Å². The predicted octanol–water partition coefficient (Wildman–Crippen LogP) is 3.78. The molecule has 0 unspecified atom stereocenters. The third kappa shape index (κ3) is 4.00. The Labute approximate surface area is 94.3 Å². The van der Waals surface area contributed by atoms with E-state index in [1.54, 1.807) is 6.07 Å². The van der Waals surface area contributed by atoms with Crippen LogP contribution in [0.4, 0.5) is 4.39 Å². The average Bonchev–Trinajstić information content (AvgIpc) is 2.23. The standard InChI is InChI=1S/C12H14ClFO/c1-2-11(15)5-3-4-9-8-10(13)6-7-12(9)14/h6-8H,2-5H2,1H3. The Kier molecular flexibility index (Phi) is 4.76. The van der Waals surface area contributed by atoms with Crippen molar-refractivity contribution in [1.82, 2.24) is 0 Å². The Morgan fingerprint density at radius 3 is 2.87 bits per heavy atom. The van der Waals surface area contributed by atoms with Gasteiger partial charge in [0.1, 0.15) is 11.6 Å². The van der Waals surface area contributed by atoms with Crippen LogP contribution in [0.5, 0.6) is 0 Å². The normalized spacial score (nSPS) is 10.3. The number of ketones is 1. The van der Waals surface area contributed by atoms with Crippen molar-refractivity contribution in [3.05, 3.63) is 34.6 Å². The van der Waals surface area contributed by atoms with Gasteiger partial charge in [-0.2, -0.15) is 0 Å². The van der Waals surface area contributed by atoms with Crippen LogP contribution < -0.4 is 0 Å². The number of halogens is 2. The highest BCUT2D eigenvalue weighted by molar-refractivity contribution is 6.30. The van der Waals surface area contributed by atoms with Gasteiger partial charge < -0.3 is 0 Å². The molecule has 0 atom stereocenters. The number of carbonyl (C=O) groups excluding carboxylic acids is 1. The molecule has 3 heteroatoms. The summed E-state index contributed by atoms with van der Waals surface area (Å²) < 4.78 is 13.2. The third-order valence-electron chi connectivity index (χ3n) is 2.30. The second-order valence-corrected chi connectivity index (χ2v) is 3.92. The SMILES string of the molecule is CCC(=O)CCCc1cc(Cl)ccc1F. The molecule has 0 saturated heterocycles. The maximum atomic E-state index is 13.2. The first-order valence-corrected chi connectivity index (χ1v) is 5.47. The molecule has 15 heavy (non-hydrogen) atoms. The summed E-state index contributed by atoms with van der Waals surface area (Å²) in [6, 6.07) is 4.50. The molecule has 0 radical (unpaired) electrons. The third-order valence-corrected chi connectivity index (χ3v) is 2.54. The maximum Gasteiger partial charge on any atom is 0.132 e. The van der Waals surface area contributed by atoms with Gasteiger partial charge >= 0.3 is 0 Å². The molecule has 1 rings (SSSR count). The molecular weight excluding hydrogens is 215 g/mol. The van der Waals surface area contributed by atoms with Crippen LogP contribution in [0.3, 0.4) is 0 Å². The zero-order valence-corrected chi connectivity index (χ0v) is 9.48. The first-order chi connectivity index (χ1) is 7.13. The van der Waals surface area contributed by atoms with Gasteiger partial charge in [0, 0.05) is 17.9 Å². The monoisotopic (exact) mass is 228 g/mol. The number of carbonyl (C=O) groups is 1. The molecule has 0 aliphatic heterocycles. The molecule has 1 nitrogen and oxygen atoms in total. The first kappa shape index (κ1) is 12.2. The highest BCUT2D eigenvalue weighted by atomic mass is 35.5. The summed E-state index contributed by atoms with van der Waals surface area (Å²) in [5.74, 6) is -0.0271. The van der Waals surface area contributed by atoms with E-state index in [0.717, 1.165) is 0 Å². The van der Waals surface area contributed by atoms with Crippen molar-refractivity contribution in [1.29, 1.82) is 0 Å². The second-order valence-electron chi connectivity index (χ2n) is 3.48. The molecule has 0 spiro atoms. The van der Waals surface area contributed by atoms with Crippen molar-refractivity contribution in [3.8, 4) is 0 Å². The fourth-order valence-corrected chi connectivity index (χ4v) is 1.58. The van der Waals surface area contributed by atoms with Crippen LogP contribution in [0.2, 0.25) is 5.02 Å². The van der Waals surface area contributed by atoms with E-state index in [4.69, 9.17) is 11.6 Å². The van der Waals surface area contributed by atoms with E-state index in [1.165, 1.54) is 12.1 Å². The molecule has 0 fully saturated rings. The molecule has 0 aromatic heterocycles. The van der Waals surface area contributed by atoms with Gasteiger partial charge in [0.05, 0.1) is 0 Å². The minimum absolute atomic E-state index is 0.220. The largest absolute Gasteiger partial charge is 0.300 e. The number of hydrogen-bond donors (Lipinski definition) is 0. The minimum Gasteiger partial charge on any atom is -0.300 e. The summed E-state index contributed by atoms with van der Waals surface area (Å²) in [5, 5.41) is 0.535. The van der Waals surface area contributed by atoms with Crippen LogP contribution in [0.1, 0.15) is 31.7 Å². The van der Waals surface area contributed by atoms with Crippen LogP contribution in [0, 0.1) is 5.82 Å². The number of benzene rings is 1. The second kappa shape index (κ2) is 5.86. The van der Waals surface area contributed by atoms with E-state index in [9.17, 15) is 9.18 Å². The Morgan fingerprint density at radius 1 is 1.47 bits per heavy atom. The van der Waals surface area contributed by atoms with Crippen molar-refractivity contribution < 1.29 is 9.18 Å². The van der Waals surface area contributed by atoms with Crippen molar-refractivity contribution in [3.63, 3.8) is 0 Å². The van der Waals surface area contributed by atoms with Gasteiger partial charge in [0.15, 0.2) is 0 Å². The van der Waals surface area contributed by atoms with Crippen LogP contribution >= 0.6 is 11.6 Å². The van der Waals surface area contributed by atoms with Crippen molar-refractivity contribution in [2.45, 2.75) is 32.6 Å². The van der Waals surface area contributed by atoms with Crippen molar-refractivity contribution in [2.75, 3.05) is 0 Å². The van der Waals surface area contributed by atoms with Crippen LogP contribution in [-0.4, -0.2) is 5.78 Å². The molecule has 0 aliphatic rings. The van der Waals surface area contributed by atoms with E-state index in [2.05, 4.69) is 0 Å². The summed E-state index contributed by atoms with van der Waals surface area (Å²) in [7, 11) is 0. The fraction of sp³-hybridized carbons (Fsp3) is 0.417. The van der Waals surface area contributed by atoms with E-state index < -0.39 is 0 Å². The lowest BCUT2D eigenvalue weighted by Gasteiger charge is -2.03. The van der Waals surface area contributed by atoms with E-state index >= 15 is 0 Å². The maximum absolute atomic E-state index is 13.2. The Bertz CT molecular complexity index is 349. The summed E-state index contributed by atoms with van der Waals surface area (Å²) in [6.45, 7) is 1.84. The number of hydrogen-bond acceptors (Lipinski definition) is 1. The van der Waals surface area contributed by atoms with Crippen LogP contribution in [0.15, 0.2) is 18.2 Å². The molecule has 0 amide bonds. The van der Waals surface area contributed by atoms with E-state index in [-0.39, 0.29) is 11.6 Å². The zero-order valence-electron chi connectivity index (χ0n) is 8.72. The molecule has 0 N–H and O–H groups in total. The Morgan fingerprint density at radius 2 is 2.20 bits per heavy atom.